The van der Waals surface area contributed by atoms with Crippen LogP contribution in [0.3, 0.4) is 0 Å². The van der Waals surface area contributed by atoms with Gasteiger partial charge in [0.15, 0.2) is 0 Å². The molecule has 10 heteroatoms. The Bertz CT molecular complexity index is 1600. The first-order valence-electron chi connectivity index (χ1n) is 25.6. The summed E-state index contributed by atoms with van der Waals surface area (Å²) in [6, 6.07) is 9.83. The predicted molar refractivity (Wildman–Crippen MR) is 275 cm³/mol. The summed E-state index contributed by atoms with van der Waals surface area (Å²) in [6.45, 7) is 5.46. The molecule has 0 fully saturated rings. The van der Waals surface area contributed by atoms with Gasteiger partial charge in [0.1, 0.15) is 0 Å². The van der Waals surface area contributed by atoms with Crippen molar-refractivity contribution in [3.63, 3.8) is 0 Å². The lowest BCUT2D eigenvalue weighted by Gasteiger charge is -2.24. The van der Waals surface area contributed by atoms with E-state index in [1.54, 1.807) is 34.6 Å². The molecular formula is C52H90Br2N2O4S2. The summed E-state index contributed by atoms with van der Waals surface area (Å²) in [6.07, 6.45) is 46.4. The molecule has 0 aliphatic heterocycles. The van der Waals surface area contributed by atoms with Crippen molar-refractivity contribution in [3.8, 4) is 11.1 Å². The summed E-state index contributed by atoms with van der Waals surface area (Å²) in [4.78, 5) is -0.00638. The minimum absolute atomic E-state index is 0.101. The van der Waals surface area contributed by atoms with E-state index in [0.717, 1.165) is 38.5 Å². The van der Waals surface area contributed by atoms with Crippen LogP contribution in [0.15, 0.2) is 55.1 Å². The Morgan fingerprint density at radius 2 is 0.629 bits per heavy atom. The Labute approximate surface area is 399 Å². The van der Waals surface area contributed by atoms with Crippen molar-refractivity contribution in [1.29, 1.82) is 0 Å². The molecule has 2 rings (SSSR count). The van der Waals surface area contributed by atoms with E-state index in [4.69, 9.17) is 5.14 Å². The molecule has 0 bridgehead atoms. The number of hydrogen-bond donors (Lipinski definition) is 1. The minimum Gasteiger partial charge on any atom is -0.225 e. The predicted octanol–water partition coefficient (Wildman–Crippen LogP) is 17.6. The van der Waals surface area contributed by atoms with Gasteiger partial charge in [0.2, 0.25) is 20.0 Å². The molecule has 0 aliphatic rings. The molecule has 0 heterocycles. The molecule has 0 saturated carbocycles. The second kappa shape index (κ2) is 36.4. The first-order chi connectivity index (χ1) is 30.0. The van der Waals surface area contributed by atoms with Gasteiger partial charge in [-0.2, -0.15) is 4.31 Å². The van der Waals surface area contributed by atoms with Crippen molar-refractivity contribution in [3.05, 3.63) is 45.3 Å². The zero-order valence-electron chi connectivity index (χ0n) is 39.6. The zero-order chi connectivity index (χ0) is 45.2. The fraction of sp³-hybridized carbons (Fsp3) is 0.769. The molecule has 2 aromatic carbocycles. The van der Waals surface area contributed by atoms with E-state index in [-0.39, 0.29) is 15.4 Å². The molecule has 0 saturated heterocycles. The van der Waals surface area contributed by atoms with Gasteiger partial charge in [0.25, 0.3) is 0 Å². The van der Waals surface area contributed by atoms with Crippen LogP contribution in [-0.4, -0.2) is 34.2 Å². The van der Waals surface area contributed by atoms with Crippen LogP contribution >= 0.6 is 31.9 Å². The van der Waals surface area contributed by atoms with Gasteiger partial charge in [-0.15, -0.1) is 0 Å². The normalized spacial score (nSPS) is 12.2. The number of unbranched alkanes of at least 4 members (excludes halogenated alkanes) is 34. The zero-order valence-corrected chi connectivity index (χ0v) is 44.4. The summed E-state index contributed by atoms with van der Waals surface area (Å²) in [5.41, 5.74) is 0.619. The van der Waals surface area contributed by atoms with Crippen LogP contribution in [0.4, 0.5) is 0 Å². The Balaban J connectivity index is 1.85. The SMILES string of the molecule is CCCCCCCCCCCCCCCCCCCCN(CCCCCCCCCCCCCCCCCCCC)S(=O)(=O)c1cc(Br)ccc1-c1ccc(Br)cc1S(N)(=O)=O. The van der Waals surface area contributed by atoms with Crippen LogP contribution < -0.4 is 5.14 Å². The van der Waals surface area contributed by atoms with Crippen molar-refractivity contribution in [2.45, 2.75) is 255 Å². The van der Waals surface area contributed by atoms with E-state index < -0.39 is 20.0 Å². The number of sulfonamides is 2. The van der Waals surface area contributed by atoms with E-state index >= 15 is 0 Å². The van der Waals surface area contributed by atoms with Gasteiger partial charge in [0.05, 0.1) is 9.79 Å². The number of halogens is 2. The first kappa shape index (κ1) is 57.3. The van der Waals surface area contributed by atoms with Crippen molar-refractivity contribution in [2.24, 2.45) is 5.14 Å². The number of hydrogen-bond acceptors (Lipinski definition) is 4. The lowest BCUT2D eigenvalue weighted by molar-refractivity contribution is 0.383. The van der Waals surface area contributed by atoms with Crippen LogP contribution in [0.1, 0.15) is 245 Å². The molecule has 0 amide bonds. The largest absolute Gasteiger partial charge is 0.243 e. The highest BCUT2D eigenvalue weighted by atomic mass is 79.9. The van der Waals surface area contributed by atoms with Gasteiger partial charge in [-0.05, 0) is 37.1 Å². The van der Waals surface area contributed by atoms with Gasteiger partial charge in [-0.1, -0.05) is 276 Å². The van der Waals surface area contributed by atoms with E-state index in [9.17, 15) is 16.8 Å². The highest BCUT2D eigenvalue weighted by Crippen LogP contribution is 2.37. The smallest absolute Gasteiger partial charge is 0.225 e. The van der Waals surface area contributed by atoms with Gasteiger partial charge in [0, 0.05) is 33.2 Å². The fourth-order valence-corrected chi connectivity index (χ4v) is 12.3. The highest BCUT2D eigenvalue weighted by Gasteiger charge is 2.29. The average molecular weight is 1030 g/mol. The Morgan fingerprint density at radius 3 is 0.903 bits per heavy atom. The Hall–Kier alpha value is -0.780. The molecule has 0 unspecified atom stereocenters. The standard InChI is InChI=1S/C52H90Br2N2O4S2/c1-3-5-7-9-11-13-15-17-19-21-23-25-27-29-31-33-35-37-43-56(44-38-36-34-32-30-28-26-24-22-20-18-16-14-12-10-8-6-4-2)62(59,60)52-46-48(54)40-42-50(52)49-41-39-47(53)45-51(49)61(55,57)58/h39-42,45-46H,3-38,43-44H2,1-2H3,(H2,55,57,58). The second-order valence-electron chi connectivity index (χ2n) is 18.3. The van der Waals surface area contributed by atoms with E-state index in [0.29, 0.717) is 27.6 Å². The van der Waals surface area contributed by atoms with Crippen LogP contribution in [0.2, 0.25) is 0 Å². The van der Waals surface area contributed by atoms with Crippen LogP contribution in [0, 0.1) is 0 Å². The molecule has 0 aromatic heterocycles. The average Bonchev–Trinajstić information content (AvgIpc) is 3.24. The maximum Gasteiger partial charge on any atom is 0.243 e. The summed E-state index contributed by atoms with van der Waals surface area (Å²) < 4.78 is 57.6. The highest BCUT2D eigenvalue weighted by molar-refractivity contribution is 9.10. The second-order valence-corrected chi connectivity index (χ2v) is 23.5. The lowest BCUT2D eigenvalue weighted by atomic mass is 10.0. The molecule has 2 aromatic rings. The molecule has 2 N–H and O–H groups in total. The van der Waals surface area contributed by atoms with Gasteiger partial charge < -0.3 is 0 Å². The van der Waals surface area contributed by atoms with Crippen molar-refractivity contribution in [2.75, 3.05) is 13.1 Å². The molecule has 0 atom stereocenters. The molecule has 0 radical (unpaired) electrons. The third-order valence-corrected chi connectivity index (χ3v) is 16.5. The Kier molecular flexibility index (Phi) is 33.6. The third kappa shape index (κ3) is 26.4. The number of benzene rings is 2. The van der Waals surface area contributed by atoms with E-state index in [2.05, 4.69) is 45.7 Å². The van der Waals surface area contributed by atoms with Gasteiger partial charge >= 0.3 is 0 Å². The third-order valence-electron chi connectivity index (χ3n) is 12.6. The van der Waals surface area contributed by atoms with Gasteiger partial charge in [-0.25, -0.2) is 22.0 Å². The number of primary sulfonamides is 1. The maximum atomic E-state index is 14.6. The number of nitrogens with two attached hydrogens (primary N) is 1. The first-order valence-corrected chi connectivity index (χ1v) is 30.2. The minimum atomic E-state index is -4.13. The molecular weight excluding hydrogens is 941 g/mol. The lowest BCUT2D eigenvalue weighted by Crippen LogP contribution is -2.33. The fourth-order valence-electron chi connectivity index (χ4n) is 8.76. The quantitative estimate of drug-likeness (QED) is 0.0670. The summed E-state index contributed by atoms with van der Waals surface area (Å²) >= 11 is 6.87. The Morgan fingerprint density at radius 1 is 0.387 bits per heavy atom. The van der Waals surface area contributed by atoms with Gasteiger partial charge in [-0.3, -0.25) is 0 Å². The summed E-state index contributed by atoms with van der Waals surface area (Å²) in [5, 5.41) is 5.66. The monoisotopic (exact) mass is 1030 g/mol. The molecule has 6 nitrogen and oxygen atoms in total. The summed E-state index contributed by atoms with van der Waals surface area (Å²) in [5.74, 6) is 0. The maximum absolute atomic E-state index is 14.6. The van der Waals surface area contributed by atoms with E-state index in [1.165, 1.54) is 199 Å². The molecule has 358 valence electrons. The molecule has 0 aliphatic carbocycles. The van der Waals surface area contributed by atoms with Crippen LogP contribution in [-0.2, 0) is 20.0 Å². The molecule has 62 heavy (non-hydrogen) atoms. The number of nitrogens with zero attached hydrogens (tertiary/aromatic N) is 1. The van der Waals surface area contributed by atoms with Crippen molar-refractivity contribution < 1.29 is 16.8 Å². The van der Waals surface area contributed by atoms with E-state index in [1.807, 2.05) is 0 Å². The topological polar surface area (TPSA) is 97.5 Å². The van der Waals surface area contributed by atoms with Crippen LogP contribution in [0.5, 0.6) is 0 Å². The number of rotatable bonds is 42. The van der Waals surface area contributed by atoms with Crippen LogP contribution in [0.25, 0.3) is 11.1 Å². The van der Waals surface area contributed by atoms with Crippen molar-refractivity contribution >= 4 is 51.9 Å². The summed E-state index contributed by atoms with van der Waals surface area (Å²) in [7, 11) is -8.09. The molecule has 0 spiro atoms. The van der Waals surface area contributed by atoms with Crippen molar-refractivity contribution in [1.82, 2.24) is 4.31 Å².